The third kappa shape index (κ3) is 4.69. The number of carbonyl (C=O) groups excluding carboxylic acids is 2. The number of aromatic nitrogens is 1. The van der Waals surface area contributed by atoms with Gasteiger partial charge in [0.1, 0.15) is 23.7 Å². The van der Waals surface area contributed by atoms with Crippen molar-refractivity contribution in [3.05, 3.63) is 42.1 Å². The summed E-state index contributed by atoms with van der Waals surface area (Å²) in [6, 6.07) is 11.2. The maximum atomic E-state index is 12.8. The molecule has 33 heavy (non-hydrogen) atoms. The molecule has 2 aromatic rings. The summed E-state index contributed by atoms with van der Waals surface area (Å²) < 4.78 is 11.4. The van der Waals surface area contributed by atoms with Crippen LogP contribution in [0.5, 0.6) is 5.75 Å². The number of pyridine rings is 1. The fourth-order valence-electron chi connectivity index (χ4n) is 4.76. The third-order valence-electron chi connectivity index (χ3n) is 6.89. The van der Waals surface area contributed by atoms with Crippen molar-refractivity contribution in [1.82, 2.24) is 4.98 Å². The van der Waals surface area contributed by atoms with Crippen LogP contribution < -0.4 is 15.8 Å². The van der Waals surface area contributed by atoms with Crippen LogP contribution >= 0.6 is 0 Å². The van der Waals surface area contributed by atoms with Crippen LogP contribution in [0.15, 0.2) is 36.5 Å². The molecule has 2 aliphatic rings. The summed E-state index contributed by atoms with van der Waals surface area (Å²) in [7, 11) is 0. The zero-order chi connectivity index (χ0) is 23.5. The molecular formula is C25H28N4O4. The predicted octanol–water partition coefficient (Wildman–Crippen LogP) is 3.12. The van der Waals surface area contributed by atoms with Crippen molar-refractivity contribution in [2.24, 2.45) is 29.4 Å². The van der Waals surface area contributed by atoms with Gasteiger partial charge < -0.3 is 20.5 Å². The number of benzene rings is 1. The lowest BCUT2D eigenvalue weighted by molar-refractivity contribution is -0.146. The molecule has 1 aromatic heterocycles. The fourth-order valence-corrected chi connectivity index (χ4v) is 4.76. The number of hydrogen-bond donors (Lipinski definition) is 2. The minimum Gasteiger partial charge on any atom is -0.489 e. The summed E-state index contributed by atoms with van der Waals surface area (Å²) in [6.45, 7) is 5.21. The number of ether oxygens (including phenoxy) is 2. The highest BCUT2D eigenvalue weighted by atomic mass is 16.5. The highest BCUT2D eigenvalue weighted by molar-refractivity contribution is 5.97. The maximum absolute atomic E-state index is 12.8. The Morgan fingerprint density at radius 3 is 2.52 bits per heavy atom. The van der Waals surface area contributed by atoms with Crippen molar-refractivity contribution in [2.75, 3.05) is 18.5 Å². The standard InChI is InChI=1S/C25H28N4O4/c1-14-15(2)23(22(14)24(27)30)25(31)29-21-12-17(5-8-28-21)16-3-4-20(18(11-16)13-26)33-19-6-9-32-10-7-19/h3-5,8,11-12,14-15,19,22-23H,6-7,9-10H2,1-2H3,(H2,27,30)(H,28,29,31)/t14-,15?,22?,23?/m1/s1. The van der Waals surface area contributed by atoms with Crippen LogP contribution in [0.3, 0.4) is 0 Å². The van der Waals surface area contributed by atoms with E-state index in [0.717, 1.165) is 24.0 Å². The Bertz CT molecular complexity index is 1090. The molecule has 3 N–H and O–H groups in total. The first-order valence-corrected chi connectivity index (χ1v) is 11.2. The van der Waals surface area contributed by atoms with E-state index in [1.807, 2.05) is 26.0 Å². The van der Waals surface area contributed by atoms with Crippen LogP contribution in [0.4, 0.5) is 5.82 Å². The number of nitrogens with zero attached hydrogens (tertiary/aromatic N) is 2. The molecule has 1 saturated heterocycles. The van der Waals surface area contributed by atoms with E-state index >= 15 is 0 Å². The molecule has 0 bridgehead atoms. The van der Waals surface area contributed by atoms with Gasteiger partial charge in [0.25, 0.3) is 0 Å². The van der Waals surface area contributed by atoms with E-state index in [1.165, 1.54) is 0 Å². The molecule has 8 nitrogen and oxygen atoms in total. The second-order valence-corrected chi connectivity index (χ2v) is 8.84. The molecule has 2 amide bonds. The Kier molecular flexibility index (Phi) is 6.61. The number of nitrogens with one attached hydrogen (secondary N) is 1. The van der Waals surface area contributed by atoms with Crippen LogP contribution in [0.25, 0.3) is 11.1 Å². The van der Waals surface area contributed by atoms with Gasteiger partial charge in [-0.1, -0.05) is 19.9 Å². The molecule has 1 aliphatic carbocycles. The van der Waals surface area contributed by atoms with Gasteiger partial charge in [-0.15, -0.1) is 0 Å². The maximum Gasteiger partial charge on any atom is 0.229 e. The molecule has 2 fully saturated rings. The summed E-state index contributed by atoms with van der Waals surface area (Å²) >= 11 is 0. The van der Waals surface area contributed by atoms with Gasteiger partial charge in [-0.25, -0.2) is 4.98 Å². The average Bonchev–Trinajstić information content (AvgIpc) is 2.82. The van der Waals surface area contributed by atoms with Crippen molar-refractivity contribution < 1.29 is 19.1 Å². The lowest BCUT2D eigenvalue weighted by Crippen LogP contribution is -2.55. The first-order valence-electron chi connectivity index (χ1n) is 11.2. The Morgan fingerprint density at radius 1 is 1.12 bits per heavy atom. The van der Waals surface area contributed by atoms with Gasteiger partial charge in [-0.05, 0) is 47.2 Å². The topological polar surface area (TPSA) is 127 Å². The molecule has 8 heteroatoms. The van der Waals surface area contributed by atoms with Crippen LogP contribution in [0.1, 0.15) is 32.3 Å². The number of carbonyl (C=O) groups is 2. The first-order chi connectivity index (χ1) is 15.9. The molecular weight excluding hydrogens is 420 g/mol. The quantitative estimate of drug-likeness (QED) is 0.699. The lowest BCUT2D eigenvalue weighted by atomic mass is 9.57. The van der Waals surface area contributed by atoms with E-state index in [-0.39, 0.29) is 23.8 Å². The summed E-state index contributed by atoms with van der Waals surface area (Å²) in [5, 5.41) is 12.5. The van der Waals surface area contributed by atoms with E-state index in [0.29, 0.717) is 30.3 Å². The second kappa shape index (κ2) is 9.59. The van der Waals surface area contributed by atoms with Crippen molar-refractivity contribution >= 4 is 17.6 Å². The Morgan fingerprint density at radius 2 is 1.82 bits per heavy atom. The molecule has 0 radical (unpaired) electrons. The van der Waals surface area contributed by atoms with Crippen LogP contribution in [-0.2, 0) is 14.3 Å². The number of primary amides is 1. The highest BCUT2D eigenvalue weighted by Crippen LogP contribution is 2.46. The van der Waals surface area contributed by atoms with Crippen molar-refractivity contribution in [1.29, 1.82) is 5.26 Å². The number of amides is 2. The molecule has 172 valence electrons. The molecule has 4 atom stereocenters. The Labute approximate surface area is 193 Å². The van der Waals surface area contributed by atoms with E-state index in [2.05, 4.69) is 16.4 Å². The fraction of sp³-hybridized carbons (Fsp3) is 0.440. The van der Waals surface area contributed by atoms with Gasteiger partial charge in [0, 0.05) is 19.0 Å². The summed E-state index contributed by atoms with van der Waals surface area (Å²) in [6.07, 6.45) is 3.24. The summed E-state index contributed by atoms with van der Waals surface area (Å²) in [4.78, 5) is 28.8. The van der Waals surface area contributed by atoms with E-state index < -0.39 is 17.7 Å². The first kappa shape index (κ1) is 22.7. The number of hydrogen-bond acceptors (Lipinski definition) is 6. The van der Waals surface area contributed by atoms with Gasteiger partial charge in [-0.2, -0.15) is 5.26 Å². The largest absolute Gasteiger partial charge is 0.489 e. The Hall–Kier alpha value is -3.44. The van der Waals surface area contributed by atoms with Gasteiger partial charge in [0.2, 0.25) is 11.8 Å². The predicted molar refractivity (Wildman–Crippen MR) is 122 cm³/mol. The van der Waals surface area contributed by atoms with Gasteiger partial charge >= 0.3 is 0 Å². The summed E-state index contributed by atoms with van der Waals surface area (Å²) in [5.74, 6) is -0.563. The van der Waals surface area contributed by atoms with Crippen molar-refractivity contribution in [3.63, 3.8) is 0 Å². The monoisotopic (exact) mass is 448 g/mol. The van der Waals surface area contributed by atoms with E-state index in [1.54, 1.807) is 24.4 Å². The number of nitriles is 1. The van der Waals surface area contributed by atoms with E-state index in [4.69, 9.17) is 15.2 Å². The third-order valence-corrected chi connectivity index (χ3v) is 6.89. The zero-order valence-electron chi connectivity index (χ0n) is 18.8. The smallest absolute Gasteiger partial charge is 0.229 e. The summed E-state index contributed by atoms with van der Waals surface area (Å²) in [5.41, 5.74) is 7.55. The second-order valence-electron chi connectivity index (χ2n) is 8.84. The minimum atomic E-state index is -0.468. The number of nitrogens with two attached hydrogens (primary N) is 1. The molecule has 1 aliphatic heterocycles. The lowest BCUT2D eigenvalue weighted by Gasteiger charge is -2.46. The Balaban J connectivity index is 1.50. The molecule has 1 aromatic carbocycles. The van der Waals surface area contributed by atoms with E-state index in [9.17, 15) is 14.9 Å². The zero-order valence-corrected chi connectivity index (χ0v) is 18.8. The van der Waals surface area contributed by atoms with Crippen LogP contribution in [-0.4, -0.2) is 36.1 Å². The van der Waals surface area contributed by atoms with Crippen molar-refractivity contribution in [2.45, 2.75) is 32.8 Å². The molecule has 0 spiro atoms. The molecule has 3 unspecified atom stereocenters. The van der Waals surface area contributed by atoms with Crippen LogP contribution in [0, 0.1) is 35.0 Å². The van der Waals surface area contributed by atoms with Gasteiger partial charge in [-0.3, -0.25) is 9.59 Å². The highest BCUT2D eigenvalue weighted by Gasteiger charge is 2.52. The molecule has 4 rings (SSSR count). The number of rotatable bonds is 6. The SMILES string of the molecule is CC1C(C(=O)Nc2cc(-c3ccc(OC4CCOCC4)c(C#N)c3)ccn2)C(C(N)=O)[C@@H]1C. The van der Waals surface area contributed by atoms with Gasteiger partial charge in [0.05, 0.1) is 30.6 Å². The minimum absolute atomic E-state index is 0.0419. The molecule has 2 heterocycles. The van der Waals surface area contributed by atoms with Gasteiger partial charge in [0.15, 0.2) is 0 Å². The normalized spacial score (nSPS) is 24.9. The van der Waals surface area contributed by atoms with Crippen LogP contribution in [0.2, 0.25) is 0 Å². The molecule has 1 saturated carbocycles. The number of anilines is 1. The van der Waals surface area contributed by atoms with Crippen molar-refractivity contribution in [3.8, 4) is 22.9 Å². The average molecular weight is 449 g/mol.